The summed E-state index contributed by atoms with van der Waals surface area (Å²) in [6, 6.07) is 11.5. The van der Waals surface area contributed by atoms with E-state index in [0.29, 0.717) is 12.3 Å². The first-order valence-electron chi connectivity index (χ1n) is 8.01. The van der Waals surface area contributed by atoms with Gasteiger partial charge in [-0.25, -0.2) is 4.79 Å². The zero-order valence-electron chi connectivity index (χ0n) is 13.5. The van der Waals surface area contributed by atoms with Crippen LogP contribution in [0, 0.1) is 0 Å². The molecule has 2 aromatic rings. The van der Waals surface area contributed by atoms with Gasteiger partial charge in [-0.3, -0.25) is 0 Å². The smallest absolute Gasteiger partial charge is 0.371 e. The Morgan fingerprint density at radius 2 is 2.00 bits per heavy atom. The Morgan fingerprint density at radius 1 is 1.26 bits per heavy atom. The van der Waals surface area contributed by atoms with E-state index in [1.807, 2.05) is 12.1 Å². The molecule has 5 nitrogen and oxygen atoms in total. The molecule has 122 valence electrons. The summed E-state index contributed by atoms with van der Waals surface area (Å²) in [5, 5.41) is 12.7. The van der Waals surface area contributed by atoms with E-state index in [2.05, 4.69) is 36.2 Å². The predicted molar refractivity (Wildman–Crippen MR) is 90.1 cm³/mol. The highest BCUT2D eigenvalue weighted by Crippen LogP contribution is 2.38. The minimum Gasteiger partial charge on any atom is -0.475 e. The summed E-state index contributed by atoms with van der Waals surface area (Å²) in [5.74, 6) is -0.380. The molecular formula is C18H22N2O3. The van der Waals surface area contributed by atoms with Gasteiger partial charge in [0.25, 0.3) is 0 Å². The van der Waals surface area contributed by atoms with E-state index in [1.165, 1.54) is 6.07 Å². The topological polar surface area (TPSA) is 65.7 Å². The number of carboxylic acids is 1. The van der Waals surface area contributed by atoms with Gasteiger partial charge in [-0.15, -0.1) is 0 Å². The number of carbonyl (C=O) groups is 1. The Kier molecular flexibility index (Phi) is 4.03. The van der Waals surface area contributed by atoms with E-state index in [4.69, 9.17) is 9.52 Å². The lowest BCUT2D eigenvalue weighted by atomic mass is 9.89. The van der Waals surface area contributed by atoms with E-state index in [0.717, 1.165) is 30.8 Å². The van der Waals surface area contributed by atoms with Crippen molar-refractivity contribution in [1.29, 1.82) is 0 Å². The van der Waals surface area contributed by atoms with Crippen molar-refractivity contribution in [2.24, 2.45) is 0 Å². The Labute approximate surface area is 135 Å². The molecule has 1 aliphatic rings. The Balaban J connectivity index is 1.91. The molecule has 0 aliphatic carbocycles. The fourth-order valence-corrected chi connectivity index (χ4v) is 3.19. The van der Waals surface area contributed by atoms with Crippen LogP contribution in [-0.4, -0.2) is 23.2 Å². The van der Waals surface area contributed by atoms with Crippen LogP contribution in [0.3, 0.4) is 0 Å². The number of hydrogen-bond donors (Lipinski definition) is 2. The van der Waals surface area contributed by atoms with E-state index in [1.54, 1.807) is 6.07 Å². The van der Waals surface area contributed by atoms with Gasteiger partial charge < -0.3 is 19.7 Å². The van der Waals surface area contributed by atoms with Crippen LogP contribution in [0.1, 0.15) is 43.0 Å². The van der Waals surface area contributed by atoms with Crippen molar-refractivity contribution in [2.75, 3.05) is 16.8 Å². The lowest BCUT2D eigenvalue weighted by Crippen LogP contribution is -2.51. The number of aromatic carboxylic acids is 1. The monoisotopic (exact) mass is 314 g/mol. The molecule has 0 radical (unpaired) electrons. The molecule has 1 aliphatic heterocycles. The van der Waals surface area contributed by atoms with Crippen LogP contribution < -0.4 is 10.2 Å². The largest absolute Gasteiger partial charge is 0.475 e. The summed E-state index contributed by atoms with van der Waals surface area (Å²) in [5.41, 5.74) is 2.27. The second-order valence-electron chi connectivity index (χ2n) is 6.06. The fraction of sp³-hybridized carbons (Fsp3) is 0.389. The third-order valence-electron chi connectivity index (χ3n) is 4.71. The average molecular weight is 314 g/mol. The molecule has 3 rings (SSSR count). The van der Waals surface area contributed by atoms with Crippen LogP contribution in [0.25, 0.3) is 0 Å². The SMILES string of the molecule is CCC1(CC)CN(Cc2ccc(C(=O)O)o2)c2ccccc2N1. The molecule has 0 amide bonds. The summed E-state index contributed by atoms with van der Waals surface area (Å²) in [6.07, 6.45) is 2.04. The highest BCUT2D eigenvalue weighted by molar-refractivity contribution is 5.84. The number of hydrogen-bond acceptors (Lipinski definition) is 4. The van der Waals surface area contributed by atoms with Crippen molar-refractivity contribution in [3.63, 3.8) is 0 Å². The van der Waals surface area contributed by atoms with Crippen LogP contribution in [0.2, 0.25) is 0 Å². The number of anilines is 2. The first-order valence-corrected chi connectivity index (χ1v) is 8.01. The molecule has 0 saturated carbocycles. The molecular weight excluding hydrogens is 292 g/mol. The standard InChI is InChI=1S/C18H22N2O3/c1-3-18(4-2)12-20(15-8-6-5-7-14(15)19-18)11-13-9-10-16(23-13)17(21)22/h5-10,19H,3-4,11-12H2,1-2H3,(H,21,22). The van der Waals surface area contributed by atoms with E-state index in [9.17, 15) is 4.79 Å². The van der Waals surface area contributed by atoms with Gasteiger partial charge in [0.2, 0.25) is 5.76 Å². The Hall–Kier alpha value is -2.43. The van der Waals surface area contributed by atoms with Gasteiger partial charge in [0, 0.05) is 6.54 Å². The van der Waals surface area contributed by atoms with E-state index in [-0.39, 0.29) is 11.3 Å². The molecule has 0 unspecified atom stereocenters. The van der Waals surface area contributed by atoms with Crippen molar-refractivity contribution in [2.45, 2.75) is 38.8 Å². The molecule has 2 heterocycles. The number of carboxylic acid groups (broad SMARTS) is 1. The van der Waals surface area contributed by atoms with Gasteiger partial charge in [0.15, 0.2) is 0 Å². The molecule has 0 saturated heterocycles. The molecule has 1 aromatic heterocycles. The number of para-hydroxylation sites is 2. The zero-order chi connectivity index (χ0) is 16.4. The highest BCUT2D eigenvalue weighted by Gasteiger charge is 2.34. The van der Waals surface area contributed by atoms with Crippen molar-refractivity contribution in [3.8, 4) is 0 Å². The molecule has 5 heteroatoms. The van der Waals surface area contributed by atoms with Gasteiger partial charge in [0.05, 0.1) is 23.5 Å². The van der Waals surface area contributed by atoms with Crippen molar-refractivity contribution >= 4 is 17.3 Å². The maximum absolute atomic E-state index is 11.0. The minimum absolute atomic E-state index is 0.0133. The first kappa shape index (κ1) is 15.5. The number of nitrogens with zero attached hydrogens (tertiary/aromatic N) is 1. The fourth-order valence-electron chi connectivity index (χ4n) is 3.19. The molecule has 23 heavy (non-hydrogen) atoms. The molecule has 2 N–H and O–H groups in total. The number of nitrogens with one attached hydrogen (secondary N) is 1. The predicted octanol–water partition coefficient (Wildman–Crippen LogP) is 3.97. The second-order valence-corrected chi connectivity index (χ2v) is 6.06. The maximum Gasteiger partial charge on any atom is 0.371 e. The molecule has 0 atom stereocenters. The Morgan fingerprint density at radius 3 is 2.65 bits per heavy atom. The third-order valence-corrected chi connectivity index (χ3v) is 4.71. The van der Waals surface area contributed by atoms with Gasteiger partial charge in [-0.2, -0.15) is 0 Å². The molecule has 1 aromatic carbocycles. The summed E-state index contributed by atoms with van der Waals surface area (Å²) in [7, 11) is 0. The maximum atomic E-state index is 11.0. The summed E-state index contributed by atoms with van der Waals surface area (Å²) in [4.78, 5) is 13.3. The van der Waals surface area contributed by atoms with Crippen molar-refractivity contribution < 1.29 is 14.3 Å². The molecule has 0 spiro atoms. The quantitative estimate of drug-likeness (QED) is 0.874. The molecule has 0 fully saturated rings. The third kappa shape index (κ3) is 2.91. The normalized spacial score (nSPS) is 15.8. The Bertz CT molecular complexity index is 704. The second kappa shape index (κ2) is 5.99. The van der Waals surface area contributed by atoms with E-state index < -0.39 is 5.97 Å². The van der Waals surface area contributed by atoms with Crippen LogP contribution in [0.15, 0.2) is 40.8 Å². The van der Waals surface area contributed by atoms with Gasteiger partial charge in [-0.05, 0) is 37.1 Å². The van der Waals surface area contributed by atoms with Gasteiger partial charge in [0.1, 0.15) is 5.76 Å². The number of furan rings is 1. The highest BCUT2D eigenvalue weighted by atomic mass is 16.4. The van der Waals surface area contributed by atoms with Crippen molar-refractivity contribution in [1.82, 2.24) is 0 Å². The average Bonchev–Trinajstić information content (AvgIpc) is 3.03. The van der Waals surface area contributed by atoms with Crippen LogP contribution >= 0.6 is 0 Å². The van der Waals surface area contributed by atoms with Gasteiger partial charge >= 0.3 is 5.97 Å². The minimum atomic E-state index is -1.03. The lowest BCUT2D eigenvalue weighted by molar-refractivity contribution is 0.0660. The van der Waals surface area contributed by atoms with Gasteiger partial charge in [-0.1, -0.05) is 26.0 Å². The first-order chi connectivity index (χ1) is 11.1. The number of rotatable bonds is 5. The van der Waals surface area contributed by atoms with Crippen LogP contribution in [0.4, 0.5) is 11.4 Å². The summed E-state index contributed by atoms with van der Waals surface area (Å²) < 4.78 is 5.44. The summed E-state index contributed by atoms with van der Waals surface area (Å²) in [6.45, 7) is 5.81. The number of benzene rings is 1. The summed E-state index contributed by atoms with van der Waals surface area (Å²) >= 11 is 0. The lowest BCUT2D eigenvalue weighted by Gasteiger charge is -2.45. The van der Waals surface area contributed by atoms with Crippen molar-refractivity contribution in [3.05, 3.63) is 47.9 Å². The zero-order valence-corrected chi connectivity index (χ0v) is 13.5. The number of fused-ring (bicyclic) bond motifs is 1. The van der Waals surface area contributed by atoms with E-state index >= 15 is 0 Å². The van der Waals surface area contributed by atoms with Crippen LogP contribution in [0.5, 0.6) is 0 Å². The van der Waals surface area contributed by atoms with Crippen LogP contribution in [-0.2, 0) is 6.54 Å². The molecule has 0 bridgehead atoms.